The van der Waals surface area contributed by atoms with Gasteiger partial charge in [-0.25, -0.2) is 0 Å². The summed E-state index contributed by atoms with van der Waals surface area (Å²) in [7, 11) is 3.91. The lowest BCUT2D eigenvalue weighted by Crippen LogP contribution is -2.28. The van der Waals surface area contributed by atoms with E-state index in [1.807, 2.05) is 36.0 Å². The largest absolute Gasteiger partial charge is 0.510 e. The average molecular weight is 439 g/mol. The molecule has 0 spiro atoms. The number of aliphatic hydroxyl groups excluding tert-OH is 1. The second-order valence-electron chi connectivity index (χ2n) is 8.55. The van der Waals surface area contributed by atoms with Crippen LogP contribution in [0, 0.1) is 0 Å². The van der Waals surface area contributed by atoms with Crippen molar-refractivity contribution >= 4 is 22.7 Å². The van der Waals surface area contributed by atoms with Crippen molar-refractivity contribution < 1.29 is 20.1 Å². The van der Waals surface area contributed by atoms with E-state index in [2.05, 4.69) is 13.8 Å². The van der Waals surface area contributed by atoms with Crippen molar-refractivity contribution in [2.45, 2.75) is 45.4 Å². The number of rotatable bonds is 10. The molecule has 0 aromatic heterocycles. The topological polar surface area (TPSA) is 84.2 Å². The maximum absolute atomic E-state index is 12.9. The second kappa shape index (κ2) is 9.98. The number of hydrogen-bond acceptors (Lipinski definition) is 6. The average Bonchev–Trinajstić information content (AvgIpc) is 2.78. The molecule has 172 valence electrons. The Morgan fingerprint density at radius 3 is 1.81 bits per heavy atom. The van der Waals surface area contributed by atoms with Crippen molar-refractivity contribution in [2.24, 2.45) is 0 Å². The third-order valence-electron chi connectivity index (χ3n) is 6.19. The molecule has 0 saturated carbocycles. The first-order chi connectivity index (χ1) is 15.3. The number of hydrogen-bond donors (Lipinski definition) is 3. The molecule has 6 heteroatoms. The first-order valence-corrected chi connectivity index (χ1v) is 11.4. The molecule has 3 N–H and O–H groups in total. The SMILES string of the molecule is CCCCN(C)c1ccc(C2=C(O)C(c3ccc(N(C)CCCC)cc3O)C2=O)c(O)c1. The maximum atomic E-state index is 12.9. The lowest BCUT2D eigenvalue weighted by atomic mass is 9.74. The van der Waals surface area contributed by atoms with Crippen LogP contribution >= 0.6 is 0 Å². The van der Waals surface area contributed by atoms with Gasteiger partial charge in [-0.1, -0.05) is 32.8 Å². The molecule has 0 saturated heterocycles. The molecule has 0 bridgehead atoms. The van der Waals surface area contributed by atoms with E-state index in [0.717, 1.165) is 50.1 Å². The van der Waals surface area contributed by atoms with Gasteiger partial charge in [-0.2, -0.15) is 0 Å². The van der Waals surface area contributed by atoms with E-state index in [1.54, 1.807) is 24.3 Å². The number of carbonyl (C=O) groups is 1. The Morgan fingerprint density at radius 2 is 1.34 bits per heavy atom. The molecule has 0 amide bonds. The Bertz CT molecular complexity index is 1010. The van der Waals surface area contributed by atoms with E-state index >= 15 is 0 Å². The third-order valence-corrected chi connectivity index (χ3v) is 6.19. The van der Waals surface area contributed by atoms with Gasteiger partial charge in [0.2, 0.25) is 0 Å². The van der Waals surface area contributed by atoms with Crippen LogP contribution in [0.3, 0.4) is 0 Å². The van der Waals surface area contributed by atoms with E-state index < -0.39 is 5.92 Å². The van der Waals surface area contributed by atoms with Crippen LogP contribution in [0.2, 0.25) is 0 Å². The molecule has 1 aliphatic rings. The number of nitrogens with zero attached hydrogens (tertiary/aromatic N) is 2. The molecule has 2 aromatic rings. The quantitative estimate of drug-likeness (QED) is 0.472. The van der Waals surface area contributed by atoms with Crippen molar-refractivity contribution in [3.05, 3.63) is 53.3 Å². The Balaban J connectivity index is 1.83. The van der Waals surface area contributed by atoms with E-state index in [4.69, 9.17) is 0 Å². The highest BCUT2D eigenvalue weighted by Gasteiger charge is 2.43. The summed E-state index contributed by atoms with van der Waals surface area (Å²) in [4.78, 5) is 17.0. The van der Waals surface area contributed by atoms with Gasteiger partial charge in [0.25, 0.3) is 0 Å². The number of ketones is 1. The first-order valence-electron chi connectivity index (χ1n) is 11.4. The van der Waals surface area contributed by atoms with Crippen LogP contribution in [0.15, 0.2) is 42.2 Å². The minimum absolute atomic E-state index is 0.0214. The van der Waals surface area contributed by atoms with Crippen molar-refractivity contribution in [2.75, 3.05) is 37.0 Å². The number of carbonyl (C=O) groups excluding carboxylic acids is 1. The highest BCUT2D eigenvalue weighted by atomic mass is 16.3. The Labute approximate surface area is 190 Å². The number of anilines is 2. The molecule has 0 radical (unpaired) electrons. The molecule has 2 aromatic carbocycles. The van der Waals surface area contributed by atoms with Crippen LogP contribution in [0.1, 0.15) is 56.6 Å². The first kappa shape index (κ1) is 23.5. The zero-order chi connectivity index (χ0) is 23.4. The zero-order valence-corrected chi connectivity index (χ0v) is 19.4. The summed E-state index contributed by atoms with van der Waals surface area (Å²) < 4.78 is 0. The predicted octanol–water partition coefficient (Wildman–Crippen LogP) is 5.21. The van der Waals surface area contributed by atoms with Crippen molar-refractivity contribution in [3.8, 4) is 11.5 Å². The van der Waals surface area contributed by atoms with Gasteiger partial charge in [0.05, 0.1) is 5.57 Å². The highest BCUT2D eigenvalue weighted by molar-refractivity contribution is 6.32. The Morgan fingerprint density at radius 1 is 0.812 bits per heavy atom. The molecule has 32 heavy (non-hydrogen) atoms. The van der Waals surface area contributed by atoms with Crippen LogP contribution in [0.4, 0.5) is 11.4 Å². The van der Waals surface area contributed by atoms with Gasteiger partial charge >= 0.3 is 0 Å². The molecule has 1 aliphatic carbocycles. The molecule has 0 heterocycles. The second-order valence-corrected chi connectivity index (χ2v) is 8.55. The summed E-state index contributed by atoms with van der Waals surface area (Å²) in [5.74, 6) is -1.42. The Kier molecular flexibility index (Phi) is 7.33. The number of Topliss-reactive ketones (excluding diaryl/α,β-unsaturated/α-hetero) is 1. The smallest absolute Gasteiger partial charge is 0.182 e. The molecular weight excluding hydrogens is 404 g/mol. The summed E-state index contributed by atoms with van der Waals surface area (Å²) in [6.45, 7) is 5.99. The van der Waals surface area contributed by atoms with E-state index in [9.17, 15) is 20.1 Å². The molecule has 6 nitrogen and oxygen atoms in total. The van der Waals surface area contributed by atoms with E-state index in [-0.39, 0.29) is 28.6 Å². The fraction of sp³-hybridized carbons (Fsp3) is 0.423. The normalized spacial score (nSPS) is 15.6. The minimum atomic E-state index is -0.911. The van der Waals surface area contributed by atoms with Gasteiger partial charge in [0.15, 0.2) is 5.78 Å². The summed E-state index contributed by atoms with van der Waals surface area (Å²) in [6.07, 6.45) is 4.24. The highest BCUT2D eigenvalue weighted by Crippen LogP contribution is 2.48. The van der Waals surface area contributed by atoms with Crippen LogP contribution in [-0.2, 0) is 4.79 Å². The number of aromatic hydroxyl groups is 2. The number of aliphatic hydroxyl groups is 1. The molecule has 3 rings (SSSR count). The van der Waals surface area contributed by atoms with Gasteiger partial charge in [-0.05, 0) is 31.0 Å². The van der Waals surface area contributed by atoms with Crippen molar-refractivity contribution in [3.63, 3.8) is 0 Å². The molecule has 1 unspecified atom stereocenters. The summed E-state index contributed by atoms with van der Waals surface area (Å²) in [6, 6.07) is 10.3. The van der Waals surface area contributed by atoms with Crippen LogP contribution in [0.25, 0.3) is 5.57 Å². The lowest BCUT2D eigenvalue weighted by molar-refractivity contribution is -0.116. The fourth-order valence-corrected chi connectivity index (χ4v) is 4.05. The molecule has 0 aliphatic heterocycles. The summed E-state index contributed by atoms with van der Waals surface area (Å²) in [5, 5.41) is 31.8. The van der Waals surface area contributed by atoms with Gasteiger partial charge in [-0.3, -0.25) is 4.79 Å². The molecule has 1 atom stereocenters. The van der Waals surface area contributed by atoms with Crippen molar-refractivity contribution in [1.29, 1.82) is 0 Å². The Hall–Kier alpha value is -3.15. The summed E-state index contributed by atoms with van der Waals surface area (Å²) in [5.41, 5.74) is 2.50. The standard InChI is InChI=1S/C26H34N2O4/c1-5-7-13-27(3)17-9-11-19(21(29)15-17)23-25(31)24(26(23)32)20-12-10-18(16-22(20)30)28(4)14-8-6-2/h9-12,15-16,23,29-31H,5-8,13-14H2,1-4H3. The van der Waals surface area contributed by atoms with Crippen LogP contribution < -0.4 is 9.80 Å². The predicted molar refractivity (Wildman–Crippen MR) is 130 cm³/mol. The minimum Gasteiger partial charge on any atom is -0.510 e. The molecular formula is C26H34N2O4. The van der Waals surface area contributed by atoms with Crippen molar-refractivity contribution in [1.82, 2.24) is 0 Å². The maximum Gasteiger partial charge on any atom is 0.182 e. The number of phenolic OH excluding ortho intramolecular Hbond substituents is 2. The lowest BCUT2D eigenvalue weighted by Gasteiger charge is -2.30. The third kappa shape index (κ3) is 4.54. The number of unbranched alkanes of at least 4 members (excludes halogenated alkanes) is 2. The van der Waals surface area contributed by atoms with E-state index in [1.165, 1.54) is 0 Å². The van der Waals surface area contributed by atoms with Crippen LogP contribution in [0.5, 0.6) is 11.5 Å². The summed E-state index contributed by atoms with van der Waals surface area (Å²) >= 11 is 0. The number of benzene rings is 2. The fourth-order valence-electron chi connectivity index (χ4n) is 4.05. The number of allylic oxidation sites excluding steroid dienone is 2. The van der Waals surface area contributed by atoms with E-state index in [0.29, 0.717) is 11.1 Å². The van der Waals surface area contributed by atoms with Gasteiger partial charge in [-0.15, -0.1) is 0 Å². The van der Waals surface area contributed by atoms with Crippen LogP contribution in [-0.4, -0.2) is 48.3 Å². The monoisotopic (exact) mass is 438 g/mol. The van der Waals surface area contributed by atoms with Gasteiger partial charge < -0.3 is 25.1 Å². The number of phenols is 2. The van der Waals surface area contributed by atoms with Gasteiger partial charge in [0, 0.05) is 61.8 Å². The molecule has 0 fully saturated rings. The van der Waals surface area contributed by atoms with Gasteiger partial charge in [0.1, 0.15) is 23.2 Å². The zero-order valence-electron chi connectivity index (χ0n) is 19.4.